The number of anilines is 1. The van der Waals surface area contributed by atoms with Crippen LogP contribution >= 0.6 is 0 Å². The van der Waals surface area contributed by atoms with E-state index in [-0.39, 0.29) is 22.5 Å². The minimum atomic E-state index is -0.288. The molecule has 0 atom stereocenters. The van der Waals surface area contributed by atoms with Gasteiger partial charge < -0.3 is 5.11 Å². The maximum Gasteiger partial charge on any atom is 0.123 e. The summed E-state index contributed by atoms with van der Waals surface area (Å²) in [6, 6.07) is 17.6. The minimum absolute atomic E-state index is 0.0103. The first kappa shape index (κ1) is 16.0. The van der Waals surface area contributed by atoms with Gasteiger partial charge in [0, 0.05) is 0 Å². The number of benzene rings is 3. The third-order valence-corrected chi connectivity index (χ3v) is 3.75. The van der Waals surface area contributed by atoms with Crippen LogP contribution in [0.5, 0.6) is 5.75 Å². The fraction of sp³-hybridized carbons (Fsp3) is 0.0526. The predicted molar refractivity (Wildman–Crippen MR) is 86.6 cm³/mol. The molecule has 0 amide bonds. The average molecular weight is 324 g/mol. The largest absolute Gasteiger partial charge is 0.872 e. The van der Waals surface area contributed by atoms with Crippen LogP contribution in [-0.2, 0) is 6.42 Å². The minimum Gasteiger partial charge on any atom is -0.872 e. The van der Waals surface area contributed by atoms with E-state index in [1.54, 1.807) is 36.4 Å². The van der Waals surface area contributed by atoms with Gasteiger partial charge in [0.15, 0.2) is 0 Å². The lowest BCUT2D eigenvalue weighted by Gasteiger charge is -2.17. The molecule has 24 heavy (non-hydrogen) atoms. The van der Waals surface area contributed by atoms with Crippen LogP contribution in [0.2, 0.25) is 0 Å². The number of rotatable bonds is 4. The quantitative estimate of drug-likeness (QED) is 0.718. The molecule has 5 heteroatoms. The molecule has 0 spiro atoms. The van der Waals surface area contributed by atoms with Gasteiger partial charge in [-0.05, 0) is 52.9 Å². The summed E-state index contributed by atoms with van der Waals surface area (Å²) in [7, 11) is 0. The van der Waals surface area contributed by atoms with Gasteiger partial charge in [0.25, 0.3) is 0 Å². The van der Waals surface area contributed by atoms with E-state index in [1.165, 1.54) is 30.3 Å². The molecule has 122 valence electrons. The molecular weight excluding hydrogens is 309 g/mol. The molecule has 3 aromatic rings. The van der Waals surface area contributed by atoms with Gasteiger partial charge in [-0.1, -0.05) is 42.5 Å². The molecule has 0 aliphatic carbocycles. The van der Waals surface area contributed by atoms with Crippen LogP contribution in [0, 0.1) is 5.82 Å². The molecule has 2 N–H and O–H groups in total. The van der Waals surface area contributed by atoms with Crippen LogP contribution in [0.3, 0.4) is 0 Å². The summed E-state index contributed by atoms with van der Waals surface area (Å²) in [5, 5.41) is 30.4. The van der Waals surface area contributed by atoms with Crippen LogP contribution in [0.1, 0.15) is 11.1 Å². The lowest BCUT2D eigenvalue weighted by molar-refractivity contribution is -0.267. The van der Waals surface area contributed by atoms with Crippen LogP contribution in [0.25, 0.3) is 11.1 Å². The smallest absolute Gasteiger partial charge is 0.123 e. The predicted octanol–water partition coefficient (Wildman–Crippen LogP) is 3.74. The number of hydrogen-bond donors (Lipinski definition) is 2. The Bertz CT molecular complexity index is 847. The van der Waals surface area contributed by atoms with Gasteiger partial charge in [-0.25, -0.2) is 4.39 Å². The summed E-state index contributed by atoms with van der Waals surface area (Å²) in [5.41, 5.74) is 3.07. The molecule has 0 aliphatic heterocycles. The highest BCUT2D eigenvalue weighted by Gasteiger charge is 2.06. The summed E-state index contributed by atoms with van der Waals surface area (Å²) in [4.78, 5) is 0. The van der Waals surface area contributed by atoms with Crippen molar-refractivity contribution in [1.29, 1.82) is 0 Å². The van der Waals surface area contributed by atoms with Gasteiger partial charge in [0.1, 0.15) is 5.82 Å². The molecule has 0 unspecified atom stereocenters. The Morgan fingerprint density at radius 3 is 2.29 bits per heavy atom. The SMILES string of the molecule is [O-]c1ccc(Cc2ccc(F)cc2)cc1-c1cccc(N(O)O)c1. The summed E-state index contributed by atoms with van der Waals surface area (Å²) >= 11 is 0. The lowest BCUT2D eigenvalue weighted by Crippen LogP contribution is -2.10. The van der Waals surface area contributed by atoms with Crippen molar-refractivity contribution in [2.24, 2.45) is 0 Å². The molecule has 0 bridgehead atoms. The fourth-order valence-corrected chi connectivity index (χ4v) is 2.55. The van der Waals surface area contributed by atoms with Gasteiger partial charge in [-0.3, -0.25) is 10.4 Å². The zero-order valence-electron chi connectivity index (χ0n) is 12.7. The summed E-state index contributed by atoms with van der Waals surface area (Å²) in [5.74, 6) is -0.443. The van der Waals surface area contributed by atoms with Gasteiger partial charge in [0.2, 0.25) is 0 Å². The third kappa shape index (κ3) is 3.53. The van der Waals surface area contributed by atoms with E-state index in [4.69, 9.17) is 10.4 Å². The van der Waals surface area contributed by atoms with Crippen LogP contribution in [0.4, 0.5) is 10.1 Å². The van der Waals surface area contributed by atoms with Gasteiger partial charge in [-0.15, -0.1) is 11.0 Å². The van der Waals surface area contributed by atoms with E-state index >= 15 is 0 Å². The monoisotopic (exact) mass is 324 g/mol. The van der Waals surface area contributed by atoms with Crippen molar-refractivity contribution in [2.75, 3.05) is 5.23 Å². The second-order valence-electron chi connectivity index (χ2n) is 5.47. The highest BCUT2D eigenvalue weighted by atomic mass is 19.1. The Labute approximate surface area is 138 Å². The second kappa shape index (κ2) is 6.70. The van der Waals surface area contributed by atoms with E-state index < -0.39 is 0 Å². The van der Waals surface area contributed by atoms with Gasteiger partial charge >= 0.3 is 0 Å². The Balaban J connectivity index is 1.94. The molecule has 3 aromatic carbocycles. The lowest BCUT2D eigenvalue weighted by atomic mass is 9.98. The second-order valence-corrected chi connectivity index (χ2v) is 5.47. The van der Waals surface area contributed by atoms with E-state index in [0.29, 0.717) is 17.5 Å². The first-order chi connectivity index (χ1) is 11.5. The van der Waals surface area contributed by atoms with E-state index in [0.717, 1.165) is 11.1 Å². The Morgan fingerprint density at radius 2 is 1.58 bits per heavy atom. The van der Waals surface area contributed by atoms with Crippen molar-refractivity contribution in [3.05, 3.63) is 83.7 Å². The fourth-order valence-electron chi connectivity index (χ4n) is 2.55. The number of hydrogen-bond acceptors (Lipinski definition) is 4. The molecule has 0 fully saturated rings. The van der Waals surface area contributed by atoms with Crippen molar-refractivity contribution in [3.63, 3.8) is 0 Å². The maximum absolute atomic E-state index is 13.0. The molecular formula is C19H15FNO3-. The van der Waals surface area contributed by atoms with Crippen LogP contribution < -0.4 is 10.3 Å². The molecule has 0 aliphatic rings. The van der Waals surface area contributed by atoms with E-state index in [9.17, 15) is 9.50 Å². The van der Waals surface area contributed by atoms with Crippen molar-refractivity contribution in [3.8, 4) is 16.9 Å². The molecule has 4 nitrogen and oxygen atoms in total. The Kier molecular flexibility index (Phi) is 4.46. The zero-order valence-corrected chi connectivity index (χ0v) is 12.7. The highest BCUT2D eigenvalue weighted by molar-refractivity contribution is 5.73. The van der Waals surface area contributed by atoms with Crippen molar-refractivity contribution in [1.82, 2.24) is 0 Å². The Hall–Kier alpha value is -2.89. The summed E-state index contributed by atoms with van der Waals surface area (Å²) in [6.07, 6.45) is 0.569. The first-order valence-corrected chi connectivity index (χ1v) is 7.35. The van der Waals surface area contributed by atoms with Crippen molar-refractivity contribution < 1.29 is 19.9 Å². The maximum atomic E-state index is 13.0. The first-order valence-electron chi connectivity index (χ1n) is 7.35. The summed E-state index contributed by atoms with van der Waals surface area (Å²) < 4.78 is 13.0. The standard InChI is InChI=1S/C19H16FNO3/c20-16-7-4-13(5-8-16)10-14-6-9-19(22)18(11-14)15-2-1-3-17(12-15)21(23)24/h1-9,11-12,22-24H,10H2/p-1. The third-order valence-electron chi connectivity index (χ3n) is 3.75. The van der Waals surface area contributed by atoms with Crippen LogP contribution in [0.15, 0.2) is 66.7 Å². The van der Waals surface area contributed by atoms with Gasteiger partial charge in [0.05, 0.1) is 5.69 Å². The van der Waals surface area contributed by atoms with E-state index in [1.807, 2.05) is 0 Å². The normalized spacial score (nSPS) is 10.6. The van der Waals surface area contributed by atoms with Gasteiger partial charge in [-0.2, -0.15) is 0 Å². The average Bonchev–Trinajstić information content (AvgIpc) is 2.58. The number of nitrogens with zero attached hydrogens (tertiary/aromatic N) is 1. The molecule has 0 saturated carbocycles. The van der Waals surface area contributed by atoms with Crippen LogP contribution in [-0.4, -0.2) is 10.4 Å². The summed E-state index contributed by atoms with van der Waals surface area (Å²) in [6.45, 7) is 0. The molecule has 0 radical (unpaired) electrons. The topological polar surface area (TPSA) is 66.8 Å². The number of halogens is 1. The zero-order chi connectivity index (χ0) is 17.1. The van der Waals surface area contributed by atoms with Crippen molar-refractivity contribution in [2.45, 2.75) is 6.42 Å². The van der Waals surface area contributed by atoms with E-state index in [2.05, 4.69) is 0 Å². The Morgan fingerprint density at radius 1 is 0.875 bits per heavy atom. The molecule has 3 rings (SSSR count). The molecule has 0 aromatic heterocycles. The molecule has 0 saturated heterocycles. The van der Waals surface area contributed by atoms with Crippen molar-refractivity contribution >= 4 is 5.69 Å². The highest BCUT2D eigenvalue weighted by Crippen LogP contribution is 2.31. The molecule has 0 heterocycles.